The van der Waals surface area contributed by atoms with Crippen molar-refractivity contribution in [3.8, 4) is 0 Å². The molecular formula is C19H29N3O. The van der Waals surface area contributed by atoms with Gasteiger partial charge >= 0.3 is 0 Å². The van der Waals surface area contributed by atoms with Gasteiger partial charge in [-0.1, -0.05) is 6.92 Å². The summed E-state index contributed by atoms with van der Waals surface area (Å²) in [6.45, 7) is 5.08. The predicted octanol–water partition coefficient (Wildman–Crippen LogP) is 3.63. The van der Waals surface area contributed by atoms with Crippen molar-refractivity contribution in [2.75, 3.05) is 0 Å². The molecule has 0 spiro atoms. The Morgan fingerprint density at radius 1 is 1.26 bits per heavy atom. The van der Waals surface area contributed by atoms with Crippen molar-refractivity contribution in [3.05, 3.63) is 18.0 Å². The van der Waals surface area contributed by atoms with E-state index in [0.29, 0.717) is 17.2 Å². The summed E-state index contributed by atoms with van der Waals surface area (Å²) in [7, 11) is 0. The van der Waals surface area contributed by atoms with Crippen LogP contribution in [-0.4, -0.2) is 21.7 Å². The maximum absolute atomic E-state index is 12.6. The highest BCUT2D eigenvalue weighted by molar-refractivity contribution is 5.92. The number of nitrogens with zero attached hydrogens (tertiary/aromatic N) is 2. The van der Waals surface area contributed by atoms with E-state index in [0.717, 1.165) is 30.7 Å². The van der Waals surface area contributed by atoms with Gasteiger partial charge in [-0.2, -0.15) is 5.10 Å². The van der Waals surface area contributed by atoms with Crippen LogP contribution in [0, 0.1) is 23.2 Å². The van der Waals surface area contributed by atoms with Crippen molar-refractivity contribution in [1.29, 1.82) is 0 Å². The predicted molar refractivity (Wildman–Crippen MR) is 90.1 cm³/mol. The van der Waals surface area contributed by atoms with Gasteiger partial charge < -0.3 is 5.32 Å². The zero-order valence-electron chi connectivity index (χ0n) is 14.4. The topological polar surface area (TPSA) is 46.9 Å². The highest BCUT2D eigenvalue weighted by Gasteiger charge is 2.54. The van der Waals surface area contributed by atoms with Crippen molar-refractivity contribution in [2.45, 2.75) is 71.4 Å². The number of nitrogens with one attached hydrogen (secondary N) is 1. The number of aryl methyl sites for hydroxylation is 1. The first-order chi connectivity index (χ1) is 11.1. The molecule has 4 fully saturated rings. The van der Waals surface area contributed by atoms with Gasteiger partial charge in [-0.25, -0.2) is 0 Å². The minimum Gasteiger partial charge on any atom is -0.347 e. The molecule has 126 valence electrons. The molecule has 1 aromatic heterocycles. The van der Waals surface area contributed by atoms with Gasteiger partial charge in [0.2, 0.25) is 0 Å². The fourth-order valence-electron chi connectivity index (χ4n) is 6.18. The van der Waals surface area contributed by atoms with Crippen LogP contribution in [-0.2, 0) is 6.54 Å². The second kappa shape index (κ2) is 5.64. The number of aromatic nitrogens is 2. The summed E-state index contributed by atoms with van der Waals surface area (Å²) in [6, 6.07) is 2.15. The average molecular weight is 315 g/mol. The molecular weight excluding hydrogens is 286 g/mol. The SMILES string of the molecule is CCC(NC(=O)c1ccn(CC)n1)C12CC3CC(CC(C3)C1)C2. The summed E-state index contributed by atoms with van der Waals surface area (Å²) in [6.07, 6.45) is 11.3. The van der Waals surface area contributed by atoms with E-state index in [2.05, 4.69) is 17.3 Å². The van der Waals surface area contributed by atoms with Gasteiger partial charge in [0.15, 0.2) is 0 Å². The first-order valence-corrected chi connectivity index (χ1v) is 9.46. The van der Waals surface area contributed by atoms with Gasteiger partial charge in [-0.15, -0.1) is 0 Å². The van der Waals surface area contributed by atoms with E-state index in [1.807, 2.05) is 23.9 Å². The van der Waals surface area contributed by atoms with Crippen LogP contribution in [0.5, 0.6) is 0 Å². The van der Waals surface area contributed by atoms with Gasteiger partial charge in [-0.05, 0) is 81.1 Å². The number of amides is 1. The Morgan fingerprint density at radius 2 is 1.87 bits per heavy atom. The zero-order chi connectivity index (χ0) is 16.0. The van der Waals surface area contributed by atoms with E-state index in [1.165, 1.54) is 38.5 Å². The van der Waals surface area contributed by atoms with Crippen LogP contribution in [0.4, 0.5) is 0 Å². The summed E-state index contributed by atoms with van der Waals surface area (Å²) in [4.78, 5) is 12.6. The summed E-state index contributed by atoms with van der Waals surface area (Å²) < 4.78 is 1.82. The zero-order valence-corrected chi connectivity index (χ0v) is 14.4. The van der Waals surface area contributed by atoms with Gasteiger partial charge in [-0.3, -0.25) is 9.48 Å². The molecule has 4 saturated carbocycles. The van der Waals surface area contributed by atoms with E-state index in [1.54, 1.807) is 0 Å². The lowest BCUT2D eigenvalue weighted by atomic mass is 9.47. The second-order valence-corrected chi connectivity index (χ2v) is 8.27. The minimum atomic E-state index is 0.0137. The number of carbonyl (C=O) groups excluding carboxylic acids is 1. The summed E-state index contributed by atoms with van der Waals surface area (Å²) >= 11 is 0. The van der Waals surface area contributed by atoms with Crippen LogP contribution >= 0.6 is 0 Å². The van der Waals surface area contributed by atoms with E-state index >= 15 is 0 Å². The molecule has 4 bridgehead atoms. The molecule has 23 heavy (non-hydrogen) atoms. The monoisotopic (exact) mass is 315 g/mol. The molecule has 1 N–H and O–H groups in total. The summed E-state index contributed by atoms with van der Waals surface area (Å²) in [5.74, 6) is 2.78. The maximum atomic E-state index is 12.6. The molecule has 1 atom stereocenters. The third kappa shape index (κ3) is 2.60. The molecule has 0 radical (unpaired) electrons. The van der Waals surface area contributed by atoms with Crippen LogP contribution in [0.1, 0.15) is 69.3 Å². The second-order valence-electron chi connectivity index (χ2n) is 8.27. The van der Waals surface area contributed by atoms with Crippen molar-refractivity contribution in [1.82, 2.24) is 15.1 Å². The lowest BCUT2D eigenvalue weighted by molar-refractivity contribution is -0.0727. The maximum Gasteiger partial charge on any atom is 0.272 e. The molecule has 0 aliphatic heterocycles. The Labute approximate surface area is 139 Å². The Balaban J connectivity index is 1.51. The summed E-state index contributed by atoms with van der Waals surface area (Å²) in [5, 5.41) is 7.73. The number of carbonyl (C=O) groups is 1. The van der Waals surface area contributed by atoms with E-state index in [9.17, 15) is 4.79 Å². The van der Waals surface area contributed by atoms with E-state index in [-0.39, 0.29) is 5.91 Å². The van der Waals surface area contributed by atoms with Crippen LogP contribution in [0.3, 0.4) is 0 Å². The lowest BCUT2D eigenvalue weighted by Crippen LogP contribution is -2.56. The molecule has 1 aromatic rings. The van der Waals surface area contributed by atoms with Crippen molar-refractivity contribution in [3.63, 3.8) is 0 Å². The standard InChI is InChI=1S/C19H29N3O/c1-3-17(20-18(23)16-5-6-22(4-2)21-16)19-10-13-7-14(11-19)9-15(8-13)12-19/h5-6,13-15,17H,3-4,7-12H2,1-2H3,(H,20,23). The third-order valence-electron chi connectivity index (χ3n) is 6.74. The van der Waals surface area contributed by atoms with Crippen molar-refractivity contribution >= 4 is 5.91 Å². The largest absolute Gasteiger partial charge is 0.347 e. The van der Waals surface area contributed by atoms with Gasteiger partial charge in [0.25, 0.3) is 5.91 Å². The molecule has 4 aliphatic rings. The highest BCUT2D eigenvalue weighted by atomic mass is 16.2. The Hall–Kier alpha value is -1.32. The Bertz CT molecular complexity index is 556. The highest BCUT2D eigenvalue weighted by Crippen LogP contribution is 2.61. The normalized spacial score (nSPS) is 36.2. The van der Waals surface area contributed by atoms with Gasteiger partial charge in [0.1, 0.15) is 5.69 Å². The smallest absolute Gasteiger partial charge is 0.272 e. The molecule has 1 unspecified atom stereocenters. The quantitative estimate of drug-likeness (QED) is 0.902. The molecule has 0 aromatic carbocycles. The molecule has 5 rings (SSSR count). The van der Waals surface area contributed by atoms with Crippen LogP contribution in [0.25, 0.3) is 0 Å². The number of hydrogen-bond donors (Lipinski definition) is 1. The Kier molecular flexibility index (Phi) is 3.73. The van der Waals surface area contributed by atoms with Crippen LogP contribution in [0.15, 0.2) is 12.3 Å². The van der Waals surface area contributed by atoms with Crippen molar-refractivity contribution in [2.24, 2.45) is 23.2 Å². The molecule has 0 saturated heterocycles. The first kappa shape index (κ1) is 15.2. The fourth-order valence-corrected chi connectivity index (χ4v) is 6.18. The minimum absolute atomic E-state index is 0.0137. The number of hydrogen-bond acceptors (Lipinski definition) is 2. The Morgan fingerprint density at radius 3 is 2.35 bits per heavy atom. The fraction of sp³-hybridized carbons (Fsp3) is 0.789. The van der Waals surface area contributed by atoms with Crippen molar-refractivity contribution < 1.29 is 4.79 Å². The molecule has 4 aliphatic carbocycles. The van der Waals surface area contributed by atoms with E-state index < -0.39 is 0 Å². The van der Waals surface area contributed by atoms with Gasteiger partial charge in [0.05, 0.1) is 0 Å². The first-order valence-electron chi connectivity index (χ1n) is 9.46. The number of rotatable bonds is 5. The molecule has 1 amide bonds. The van der Waals surface area contributed by atoms with E-state index in [4.69, 9.17) is 0 Å². The van der Waals surface area contributed by atoms with Crippen LogP contribution < -0.4 is 5.32 Å². The molecule has 4 nitrogen and oxygen atoms in total. The van der Waals surface area contributed by atoms with Crippen LogP contribution in [0.2, 0.25) is 0 Å². The molecule has 4 heteroatoms. The average Bonchev–Trinajstić information content (AvgIpc) is 3.00. The lowest BCUT2D eigenvalue weighted by Gasteiger charge is -2.59. The third-order valence-corrected chi connectivity index (χ3v) is 6.74. The summed E-state index contributed by atoms with van der Waals surface area (Å²) in [5.41, 5.74) is 0.932. The van der Waals surface area contributed by atoms with Gasteiger partial charge in [0, 0.05) is 18.8 Å². The molecule has 1 heterocycles.